The molecular formula is C13H19N3O2. The third-order valence-electron chi connectivity index (χ3n) is 2.95. The molecule has 4 N–H and O–H groups in total. The van der Waals surface area contributed by atoms with E-state index < -0.39 is 5.41 Å². The number of aryl methyl sites for hydroxylation is 2. The van der Waals surface area contributed by atoms with Gasteiger partial charge in [-0.2, -0.15) is 0 Å². The van der Waals surface area contributed by atoms with Gasteiger partial charge in [-0.15, -0.1) is 0 Å². The molecule has 0 aliphatic carbocycles. The minimum atomic E-state index is -1.06. The fourth-order valence-electron chi connectivity index (χ4n) is 1.47. The summed E-state index contributed by atoms with van der Waals surface area (Å²) in [5.41, 5.74) is 7.27. The average Bonchev–Trinajstić information content (AvgIpc) is 2.31. The number of benzene rings is 1. The molecule has 0 fully saturated rings. The second kappa shape index (κ2) is 5.08. The summed E-state index contributed by atoms with van der Waals surface area (Å²) < 4.78 is 0. The molecular weight excluding hydrogens is 230 g/mol. The molecule has 0 bridgehead atoms. The zero-order chi connectivity index (χ0) is 13.9. The van der Waals surface area contributed by atoms with E-state index in [1.807, 2.05) is 32.0 Å². The zero-order valence-corrected chi connectivity index (χ0v) is 11.1. The Morgan fingerprint density at radius 2 is 2.00 bits per heavy atom. The van der Waals surface area contributed by atoms with Gasteiger partial charge in [0.15, 0.2) is 5.84 Å². The quantitative estimate of drug-likeness (QED) is 0.331. The van der Waals surface area contributed by atoms with Gasteiger partial charge in [0.25, 0.3) is 0 Å². The van der Waals surface area contributed by atoms with Gasteiger partial charge in [-0.3, -0.25) is 4.79 Å². The van der Waals surface area contributed by atoms with Crippen LogP contribution in [0.3, 0.4) is 0 Å². The predicted octanol–water partition coefficient (Wildman–Crippen LogP) is 2.01. The number of amidine groups is 1. The van der Waals surface area contributed by atoms with Crippen molar-refractivity contribution in [1.82, 2.24) is 0 Å². The SMILES string of the molecule is Cc1ccc(NC(=O)C(C)(C)C(N)=NO)c(C)c1. The standard InChI is InChI=1S/C13H19N3O2/c1-8-5-6-10(9(2)7-8)15-12(17)13(3,4)11(14)16-18/h5-7,18H,1-4H3,(H2,14,16)(H,15,17). The number of hydrogen-bond acceptors (Lipinski definition) is 3. The van der Waals surface area contributed by atoms with E-state index in [1.165, 1.54) is 0 Å². The van der Waals surface area contributed by atoms with Crippen LogP contribution in [0.4, 0.5) is 5.69 Å². The van der Waals surface area contributed by atoms with Gasteiger partial charge < -0.3 is 16.3 Å². The fourth-order valence-corrected chi connectivity index (χ4v) is 1.47. The summed E-state index contributed by atoms with van der Waals surface area (Å²) in [6.07, 6.45) is 0. The lowest BCUT2D eigenvalue weighted by atomic mass is 9.90. The number of amides is 1. The summed E-state index contributed by atoms with van der Waals surface area (Å²) in [6, 6.07) is 5.73. The summed E-state index contributed by atoms with van der Waals surface area (Å²) in [5.74, 6) is -0.436. The monoisotopic (exact) mass is 249 g/mol. The van der Waals surface area contributed by atoms with Gasteiger partial charge in [0, 0.05) is 5.69 Å². The van der Waals surface area contributed by atoms with Crippen LogP contribution >= 0.6 is 0 Å². The lowest BCUT2D eigenvalue weighted by Crippen LogP contribution is -2.42. The number of carbonyl (C=O) groups is 1. The van der Waals surface area contributed by atoms with E-state index >= 15 is 0 Å². The van der Waals surface area contributed by atoms with Gasteiger partial charge in [0.1, 0.15) is 5.41 Å². The first kappa shape index (κ1) is 14.0. The molecule has 1 amide bonds. The molecule has 1 rings (SSSR count). The molecule has 1 aromatic carbocycles. The van der Waals surface area contributed by atoms with Crippen LogP contribution in [-0.4, -0.2) is 17.0 Å². The summed E-state index contributed by atoms with van der Waals surface area (Å²) in [7, 11) is 0. The average molecular weight is 249 g/mol. The van der Waals surface area contributed by atoms with Crippen molar-refractivity contribution in [2.45, 2.75) is 27.7 Å². The highest BCUT2D eigenvalue weighted by Gasteiger charge is 2.33. The number of nitrogens with zero attached hydrogens (tertiary/aromatic N) is 1. The highest BCUT2D eigenvalue weighted by molar-refractivity contribution is 6.11. The van der Waals surface area contributed by atoms with E-state index in [1.54, 1.807) is 13.8 Å². The topological polar surface area (TPSA) is 87.7 Å². The van der Waals surface area contributed by atoms with E-state index in [0.29, 0.717) is 0 Å². The Labute approximate surface area is 107 Å². The van der Waals surface area contributed by atoms with Crippen LogP contribution in [0.5, 0.6) is 0 Å². The Morgan fingerprint density at radius 3 is 2.50 bits per heavy atom. The van der Waals surface area contributed by atoms with Crippen LogP contribution in [0, 0.1) is 19.3 Å². The molecule has 5 nitrogen and oxygen atoms in total. The van der Waals surface area contributed by atoms with Crippen molar-refractivity contribution in [3.8, 4) is 0 Å². The minimum absolute atomic E-state index is 0.121. The van der Waals surface area contributed by atoms with Crippen molar-refractivity contribution in [2.75, 3.05) is 5.32 Å². The van der Waals surface area contributed by atoms with Gasteiger partial charge in [0.05, 0.1) is 0 Å². The molecule has 5 heteroatoms. The smallest absolute Gasteiger partial charge is 0.237 e. The van der Waals surface area contributed by atoms with Gasteiger partial charge in [-0.1, -0.05) is 22.9 Å². The van der Waals surface area contributed by atoms with Crippen LogP contribution in [0.2, 0.25) is 0 Å². The molecule has 0 unspecified atom stereocenters. The number of nitrogens with two attached hydrogens (primary N) is 1. The molecule has 0 aromatic heterocycles. The zero-order valence-electron chi connectivity index (χ0n) is 11.1. The van der Waals surface area contributed by atoms with Crippen molar-refractivity contribution in [3.05, 3.63) is 29.3 Å². The Bertz CT molecular complexity index is 493. The first-order valence-electron chi connectivity index (χ1n) is 5.65. The maximum atomic E-state index is 12.1. The van der Waals surface area contributed by atoms with Gasteiger partial charge in [0.2, 0.25) is 5.91 Å². The molecule has 0 heterocycles. The summed E-state index contributed by atoms with van der Waals surface area (Å²) >= 11 is 0. The molecule has 0 atom stereocenters. The number of carbonyl (C=O) groups excluding carboxylic acids is 1. The van der Waals surface area contributed by atoms with Crippen molar-refractivity contribution < 1.29 is 10.0 Å². The van der Waals surface area contributed by atoms with E-state index in [2.05, 4.69) is 10.5 Å². The third-order valence-corrected chi connectivity index (χ3v) is 2.95. The van der Waals surface area contributed by atoms with E-state index in [-0.39, 0.29) is 11.7 Å². The second-order valence-electron chi connectivity index (χ2n) is 4.88. The number of oxime groups is 1. The highest BCUT2D eigenvalue weighted by Crippen LogP contribution is 2.21. The Morgan fingerprint density at radius 1 is 1.39 bits per heavy atom. The van der Waals surface area contributed by atoms with Gasteiger partial charge >= 0.3 is 0 Å². The molecule has 1 aromatic rings. The molecule has 0 spiro atoms. The van der Waals surface area contributed by atoms with E-state index in [9.17, 15) is 4.79 Å². The van der Waals surface area contributed by atoms with Crippen LogP contribution < -0.4 is 11.1 Å². The molecule has 98 valence electrons. The van der Waals surface area contributed by atoms with Gasteiger partial charge in [-0.05, 0) is 39.3 Å². The normalized spacial score (nSPS) is 12.3. The number of hydrogen-bond donors (Lipinski definition) is 3. The molecule has 0 saturated carbocycles. The maximum Gasteiger partial charge on any atom is 0.237 e. The van der Waals surface area contributed by atoms with Crippen molar-refractivity contribution in [2.24, 2.45) is 16.3 Å². The first-order chi connectivity index (χ1) is 8.28. The lowest BCUT2D eigenvalue weighted by Gasteiger charge is -2.22. The Kier molecular flexibility index (Phi) is 3.96. The summed E-state index contributed by atoms with van der Waals surface area (Å²) in [6.45, 7) is 7.10. The van der Waals surface area contributed by atoms with Crippen LogP contribution in [0.15, 0.2) is 23.4 Å². The lowest BCUT2D eigenvalue weighted by molar-refractivity contribution is -0.121. The second-order valence-corrected chi connectivity index (χ2v) is 4.88. The predicted molar refractivity (Wildman–Crippen MR) is 71.7 cm³/mol. The third kappa shape index (κ3) is 2.80. The molecule has 0 radical (unpaired) electrons. The molecule has 0 saturated heterocycles. The van der Waals surface area contributed by atoms with Crippen LogP contribution in [0.25, 0.3) is 0 Å². The van der Waals surface area contributed by atoms with E-state index in [4.69, 9.17) is 10.9 Å². The number of anilines is 1. The number of rotatable bonds is 3. The fraction of sp³-hybridized carbons (Fsp3) is 0.385. The summed E-state index contributed by atoms with van der Waals surface area (Å²) in [5, 5.41) is 14.3. The molecule has 18 heavy (non-hydrogen) atoms. The maximum absolute atomic E-state index is 12.1. The Hall–Kier alpha value is -2.04. The molecule has 0 aliphatic rings. The van der Waals surface area contributed by atoms with Crippen LogP contribution in [0.1, 0.15) is 25.0 Å². The highest BCUT2D eigenvalue weighted by atomic mass is 16.4. The van der Waals surface area contributed by atoms with Crippen molar-refractivity contribution >= 4 is 17.4 Å². The van der Waals surface area contributed by atoms with Crippen molar-refractivity contribution in [3.63, 3.8) is 0 Å². The van der Waals surface area contributed by atoms with Crippen LogP contribution in [-0.2, 0) is 4.79 Å². The number of nitrogens with one attached hydrogen (secondary N) is 1. The van der Waals surface area contributed by atoms with Gasteiger partial charge in [-0.25, -0.2) is 0 Å². The van der Waals surface area contributed by atoms with Crippen molar-refractivity contribution in [1.29, 1.82) is 0 Å². The minimum Gasteiger partial charge on any atom is -0.409 e. The summed E-state index contributed by atoms with van der Waals surface area (Å²) in [4.78, 5) is 12.1. The largest absolute Gasteiger partial charge is 0.409 e. The Balaban J connectivity index is 2.95. The van der Waals surface area contributed by atoms with E-state index in [0.717, 1.165) is 16.8 Å². The first-order valence-corrected chi connectivity index (χ1v) is 5.65. The molecule has 0 aliphatic heterocycles.